The number of para-hydroxylation sites is 1. The lowest BCUT2D eigenvalue weighted by molar-refractivity contribution is 0.0928. The van der Waals surface area contributed by atoms with Gasteiger partial charge in [0.2, 0.25) is 10.0 Å². The SMILES string of the molecule is Cc1ccc(C(=O)Nc2ccccc2C(=O)NC2CCCCC2)cc1N(C)S(C)(=O)=O. The second-order valence-electron chi connectivity index (χ2n) is 8.04. The fourth-order valence-corrected chi connectivity index (χ4v) is 4.32. The summed E-state index contributed by atoms with van der Waals surface area (Å²) in [6.07, 6.45) is 6.48. The van der Waals surface area contributed by atoms with E-state index in [4.69, 9.17) is 0 Å². The van der Waals surface area contributed by atoms with Crippen molar-refractivity contribution in [1.82, 2.24) is 5.32 Å². The Balaban J connectivity index is 1.80. The van der Waals surface area contributed by atoms with Crippen molar-refractivity contribution in [1.29, 1.82) is 0 Å². The van der Waals surface area contributed by atoms with E-state index in [1.807, 2.05) is 0 Å². The van der Waals surface area contributed by atoms with Crippen LogP contribution in [-0.4, -0.2) is 39.6 Å². The zero-order chi connectivity index (χ0) is 22.6. The monoisotopic (exact) mass is 443 g/mol. The summed E-state index contributed by atoms with van der Waals surface area (Å²) >= 11 is 0. The maximum Gasteiger partial charge on any atom is 0.255 e. The molecule has 0 saturated heterocycles. The molecule has 2 amide bonds. The molecule has 0 unspecified atom stereocenters. The summed E-state index contributed by atoms with van der Waals surface area (Å²) < 4.78 is 25.0. The zero-order valence-corrected chi connectivity index (χ0v) is 19.0. The first-order valence-electron chi connectivity index (χ1n) is 10.4. The number of benzene rings is 2. The van der Waals surface area contributed by atoms with E-state index in [2.05, 4.69) is 10.6 Å². The standard InChI is InChI=1S/C23H29N3O4S/c1-16-13-14-17(15-21(16)26(2)31(3,29)30)22(27)25-20-12-8-7-11-19(20)23(28)24-18-9-5-4-6-10-18/h7-8,11-15,18H,4-6,9-10H2,1-3H3,(H,24,28)(H,25,27). The van der Waals surface area contributed by atoms with Crippen LogP contribution in [0.15, 0.2) is 42.5 Å². The van der Waals surface area contributed by atoms with E-state index in [0.29, 0.717) is 22.5 Å². The van der Waals surface area contributed by atoms with Crippen LogP contribution in [0.25, 0.3) is 0 Å². The summed E-state index contributed by atoms with van der Waals surface area (Å²) in [5.74, 6) is -0.620. The molecule has 0 spiro atoms. The molecule has 0 heterocycles. The summed E-state index contributed by atoms with van der Waals surface area (Å²) in [4.78, 5) is 25.7. The smallest absolute Gasteiger partial charge is 0.255 e. The first-order valence-corrected chi connectivity index (χ1v) is 12.3. The molecule has 0 aliphatic heterocycles. The molecular weight excluding hydrogens is 414 g/mol. The zero-order valence-electron chi connectivity index (χ0n) is 18.1. The third kappa shape index (κ3) is 5.64. The summed E-state index contributed by atoms with van der Waals surface area (Å²) in [6, 6.07) is 11.9. The molecule has 0 bridgehead atoms. The van der Waals surface area contributed by atoms with Gasteiger partial charge in [0.25, 0.3) is 11.8 Å². The number of nitrogens with zero attached hydrogens (tertiary/aromatic N) is 1. The van der Waals surface area contributed by atoms with Gasteiger partial charge >= 0.3 is 0 Å². The highest BCUT2D eigenvalue weighted by Gasteiger charge is 2.20. The lowest BCUT2D eigenvalue weighted by Crippen LogP contribution is -2.36. The molecule has 7 nitrogen and oxygen atoms in total. The van der Waals surface area contributed by atoms with Crippen molar-refractivity contribution in [2.24, 2.45) is 0 Å². The molecule has 2 N–H and O–H groups in total. The van der Waals surface area contributed by atoms with Crippen molar-refractivity contribution in [3.63, 3.8) is 0 Å². The molecule has 0 radical (unpaired) electrons. The van der Waals surface area contributed by atoms with Crippen molar-refractivity contribution in [3.8, 4) is 0 Å². The number of hydrogen-bond acceptors (Lipinski definition) is 4. The Morgan fingerprint density at radius 1 is 1.00 bits per heavy atom. The van der Waals surface area contributed by atoms with Gasteiger partial charge in [0.1, 0.15) is 0 Å². The highest BCUT2D eigenvalue weighted by Crippen LogP contribution is 2.24. The van der Waals surface area contributed by atoms with E-state index in [9.17, 15) is 18.0 Å². The summed E-state index contributed by atoms with van der Waals surface area (Å²) in [5.41, 5.74) is 2.29. The van der Waals surface area contributed by atoms with Gasteiger partial charge < -0.3 is 10.6 Å². The van der Waals surface area contributed by atoms with E-state index in [1.54, 1.807) is 43.3 Å². The third-order valence-corrected chi connectivity index (χ3v) is 6.86. The molecule has 1 aliphatic rings. The number of carbonyl (C=O) groups excluding carboxylic acids is 2. The molecule has 1 saturated carbocycles. The maximum absolute atomic E-state index is 12.9. The Kier molecular flexibility index (Phi) is 7.00. The lowest BCUT2D eigenvalue weighted by atomic mass is 9.95. The van der Waals surface area contributed by atoms with Gasteiger partial charge in [-0.25, -0.2) is 8.42 Å². The Hall–Kier alpha value is -2.87. The van der Waals surface area contributed by atoms with E-state index in [-0.39, 0.29) is 11.9 Å². The largest absolute Gasteiger partial charge is 0.349 e. The number of amides is 2. The molecular formula is C23H29N3O4S. The van der Waals surface area contributed by atoms with Crippen molar-refractivity contribution in [3.05, 3.63) is 59.2 Å². The fourth-order valence-electron chi connectivity index (χ4n) is 3.76. The Labute approximate surface area is 183 Å². The lowest BCUT2D eigenvalue weighted by Gasteiger charge is -2.23. The van der Waals surface area contributed by atoms with Crippen LogP contribution in [0.1, 0.15) is 58.4 Å². The summed E-state index contributed by atoms with van der Waals surface area (Å²) in [6.45, 7) is 1.78. The predicted molar refractivity (Wildman–Crippen MR) is 123 cm³/mol. The first kappa shape index (κ1) is 22.8. The van der Waals surface area contributed by atoms with E-state index in [1.165, 1.54) is 19.5 Å². The molecule has 2 aromatic carbocycles. The van der Waals surface area contributed by atoms with Crippen molar-refractivity contribution in [2.45, 2.75) is 45.1 Å². The average molecular weight is 444 g/mol. The van der Waals surface area contributed by atoms with Crippen LogP contribution in [0.3, 0.4) is 0 Å². The number of nitrogens with one attached hydrogen (secondary N) is 2. The number of hydrogen-bond donors (Lipinski definition) is 2. The quantitative estimate of drug-likeness (QED) is 0.711. The van der Waals surface area contributed by atoms with E-state index >= 15 is 0 Å². The topological polar surface area (TPSA) is 95.6 Å². The molecule has 2 aromatic rings. The highest BCUT2D eigenvalue weighted by atomic mass is 32.2. The number of anilines is 2. The van der Waals surface area contributed by atoms with Gasteiger partial charge in [0.15, 0.2) is 0 Å². The second-order valence-corrected chi connectivity index (χ2v) is 10.1. The van der Waals surface area contributed by atoms with Gasteiger partial charge in [0.05, 0.1) is 23.2 Å². The average Bonchev–Trinajstić information content (AvgIpc) is 2.74. The molecule has 0 aromatic heterocycles. The Morgan fingerprint density at radius 3 is 2.35 bits per heavy atom. The molecule has 166 valence electrons. The summed E-state index contributed by atoms with van der Waals surface area (Å²) in [5, 5.41) is 5.87. The fraction of sp³-hybridized carbons (Fsp3) is 0.391. The van der Waals surface area contributed by atoms with Crippen molar-refractivity contribution >= 4 is 33.2 Å². The highest BCUT2D eigenvalue weighted by molar-refractivity contribution is 7.92. The number of carbonyl (C=O) groups is 2. The molecule has 1 aliphatic carbocycles. The maximum atomic E-state index is 12.9. The summed E-state index contributed by atoms with van der Waals surface area (Å²) in [7, 11) is -2.01. The van der Waals surface area contributed by atoms with Gasteiger partial charge in [-0.3, -0.25) is 13.9 Å². The predicted octanol–water partition coefficient (Wildman–Crippen LogP) is 3.71. The molecule has 31 heavy (non-hydrogen) atoms. The van der Waals surface area contributed by atoms with Gasteiger partial charge in [-0.05, 0) is 49.6 Å². The minimum Gasteiger partial charge on any atom is -0.349 e. The second kappa shape index (κ2) is 9.51. The van der Waals surface area contributed by atoms with Crippen LogP contribution in [0.4, 0.5) is 11.4 Å². The Bertz CT molecular complexity index is 1080. The van der Waals surface area contributed by atoms with Gasteiger partial charge in [-0.2, -0.15) is 0 Å². The van der Waals surface area contributed by atoms with Crippen molar-refractivity contribution < 1.29 is 18.0 Å². The van der Waals surface area contributed by atoms with Crippen LogP contribution < -0.4 is 14.9 Å². The van der Waals surface area contributed by atoms with Crippen molar-refractivity contribution in [2.75, 3.05) is 22.9 Å². The van der Waals surface area contributed by atoms with Crippen LogP contribution in [0.2, 0.25) is 0 Å². The van der Waals surface area contributed by atoms with Crippen LogP contribution in [0.5, 0.6) is 0 Å². The number of rotatable bonds is 6. The Morgan fingerprint density at radius 2 is 1.68 bits per heavy atom. The van der Waals surface area contributed by atoms with E-state index in [0.717, 1.165) is 41.8 Å². The van der Waals surface area contributed by atoms with Crippen LogP contribution >= 0.6 is 0 Å². The molecule has 0 atom stereocenters. The molecule has 8 heteroatoms. The molecule has 1 fully saturated rings. The minimum atomic E-state index is -3.46. The van der Waals surface area contributed by atoms with Crippen LogP contribution in [-0.2, 0) is 10.0 Å². The van der Waals surface area contributed by atoms with Crippen LogP contribution in [0, 0.1) is 6.92 Å². The minimum absolute atomic E-state index is 0.163. The number of sulfonamides is 1. The normalized spacial score (nSPS) is 14.7. The van der Waals surface area contributed by atoms with Gasteiger partial charge in [-0.1, -0.05) is 37.5 Å². The van der Waals surface area contributed by atoms with Gasteiger partial charge in [0, 0.05) is 18.7 Å². The third-order valence-electron chi connectivity index (χ3n) is 5.67. The number of aryl methyl sites for hydroxylation is 1. The van der Waals surface area contributed by atoms with Gasteiger partial charge in [-0.15, -0.1) is 0 Å². The van der Waals surface area contributed by atoms with E-state index < -0.39 is 15.9 Å². The first-order chi connectivity index (χ1) is 14.7. The molecule has 3 rings (SSSR count).